The van der Waals surface area contributed by atoms with Crippen molar-refractivity contribution in [2.24, 2.45) is 17.4 Å². The Hall–Kier alpha value is -2.38. The third-order valence-electron chi connectivity index (χ3n) is 4.84. The summed E-state index contributed by atoms with van der Waals surface area (Å²) >= 11 is 1.41. The Morgan fingerprint density at radius 2 is 1.36 bits per heavy atom. The summed E-state index contributed by atoms with van der Waals surface area (Å²) < 4.78 is 0. The number of carbonyl (C=O) groups excluding carboxylic acids is 3. The predicted octanol–water partition coefficient (Wildman–Crippen LogP) is -1.13. The van der Waals surface area contributed by atoms with Crippen LogP contribution in [0.3, 0.4) is 0 Å². The van der Waals surface area contributed by atoms with E-state index >= 15 is 0 Å². The summed E-state index contributed by atoms with van der Waals surface area (Å²) in [4.78, 5) is 60.2. The molecule has 0 spiro atoms. The molecule has 0 fully saturated rings. The molecular weight excluding hydrogens is 454 g/mol. The monoisotopic (exact) mass is 491 g/mol. The van der Waals surface area contributed by atoms with E-state index < -0.39 is 60.2 Å². The first-order valence-electron chi connectivity index (χ1n) is 10.7. The largest absolute Gasteiger partial charge is 0.481 e. The molecule has 0 radical (unpaired) electrons. The number of carboxylic acid groups (broad SMARTS) is 2. The minimum Gasteiger partial charge on any atom is -0.481 e. The van der Waals surface area contributed by atoms with Crippen LogP contribution in [-0.4, -0.2) is 82.6 Å². The maximum atomic E-state index is 12.9. The van der Waals surface area contributed by atoms with Crippen molar-refractivity contribution in [3.05, 3.63) is 0 Å². The predicted molar refractivity (Wildman–Crippen MR) is 124 cm³/mol. The highest BCUT2D eigenvalue weighted by Crippen LogP contribution is 2.07. The molecule has 12 nitrogen and oxygen atoms in total. The Labute approximate surface area is 198 Å². The van der Waals surface area contributed by atoms with Gasteiger partial charge in [-0.25, -0.2) is 4.79 Å². The highest BCUT2D eigenvalue weighted by Gasteiger charge is 2.31. The lowest BCUT2D eigenvalue weighted by molar-refractivity contribution is -0.147. The molecule has 13 heteroatoms. The van der Waals surface area contributed by atoms with Crippen LogP contribution in [0.4, 0.5) is 0 Å². The molecule has 4 atom stereocenters. The average Bonchev–Trinajstić information content (AvgIpc) is 2.73. The standard InChI is InChI=1S/C20H37N5O7S/c1-11(2)16(22)19(30)24-12(6-4-5-8-21)17(28)23-13(7-9-33-3)18(29)25-14(20(31)32)10-15(26)27/h11-14,16H,4-10,21-22H2,1-3H3,(H,23,28)(H,24,30)(H,25,29)(H,26,27)(H,31,32)/t12-,13-,14-,16-/m0/s1. The molecule has 0 saturated heterocycles. The van der Waals surface area contributed by atoms with Gasteiger partial charge in [-0.1, -0.05) is 13.8 Å². The summed E-state index contributed by atoms with van der Waals surface area (Å²) in [6.45, 7) is 3.95. The number of carbonyl (C=O) groups is 5. The number of hydrogen-bond donors (Lipinski definition) is 7. The van der Waals surface area contributed by atoms with Crippen molar-refractivity contribution < 1.29 is 34.2 Å². The van der Waals surface area contributed by atoms with E-state index in [2.05, 4.69) is 16.0 Å². The molecule has 0 aromatic heterocycles. The molecule has 9 N–H and O–H groups in total. The molecule has 190 valence electrons. The van der Waals surface area contributed by atoms with E-state index in [0.717, 1.165) is 0 Å². The molecule has 0 aliphatic heterocycles. The number of nitrogens with one attached hydrogen (secondary N) is 3. The first-order valence-corrected chi connectivity index (χ1v) is 12.1. The summed E-state index contributed by atoms with van der Waals surface area (Å²) in [5.74, 6) is -4.53. The Morgan fingerprint density at radius 3 is 1.82 bits per heavy atom. The maximum Gasteiger partial charge on any atom is 0.326 e. The van der Waals surface area contributed by atoms with Gasteiger partial charge in [0.2, 0.25) is 17.7 Å². The fourth-order valence-corrected chi connectivity index (χ4v) is 3.23. The van der Waals surface area contributed by atoms with Gasteiger partial charge in [-0.3, -0.25) is 19.2 Å². The molecule has 0 aliphatic carbocycles. The topological polar surface area (TPSA) is 214 Å². The second kappa shape index (κ2) is 16.3. The van der Waals surface area contributed by atoms with Gasteiger partial charge in [0.05, 0.1) is 12.5 Å². The van der Waals surface area contributed by atoms with E-state index in [9.17, 15) is 29.1 Å². The molecular formula is C20H37N5O7S. The number of thioether (sulfide) groups is 1. The minimum atomic E-state index is -1.65. The second-order valence-corrected chi connectivity index (χ2v) is 8.94. The summed E-state index contributed by atoms with van der Waals surface area (Å²) in [7, 11) is 0. The lowest BCUT2D eigenvalue weighted by atomic mass is 10.0. The van der Waals surface area contributed by atoms with Crippen molar-refractivity contribution in [3.8, 4) is 0 Å². The van der Waals surface area contributed by atoms with E-state index in [1.54, 1.807) is 20.1 Å². The number of aliphatic carboxylic acids is 2. The van der Waals surface area contributed by atoms with Crippen LogP contribution in [0.1, 0.15) is 46.0 Å². The van der Waals surface area contributed by atoms with Crippen LogP contribution >= 0.6 is 11.8 Å². The Morgan fingerprint density at radius 1 is 0.848 bits per heavy atom. The van der Waals surface area contributed by atoms with Crippen LogP contribution < -0.4 is 27.4 Å². The summed E-state index contributed by atoms with van der Waals surface area (Å²) in [6.07, 6.45) is 2.61. The second-order valence-electron chi connectivity index (χ2n) is 7.96. The van der Waals surface area contributed by atoms with Gasteiger partial charge in [-0.15, -0.1) is 0 Å². The molecule has 3 amide bonds. The van der Waals surface area contributed by atoms with E-state index in [-0.39, 0.29) is 18.8 Å². The van der Waals surface area contributed by atoms with Gasteiger partial charge in [-0.05, 0) is 50.2 Å². The first-order chi connectivity index (χ1) is 15.4. The van der Waals surface area contributed by atoms with E-state index in [1.165, 1.54) is 11.8 Å². The number of amides is 3. The smallest absolute Gasteiger partial charge is 0.326 e. The fourth-order valence-electron chi connectivity index (χ4n) is 2.76. The van der Waals surface area contributed by atoms with Crippen LogP contribution in [0.15, 0.2) is 0 Å². The lowest BCUT2D eigenvalue weighted by Gasteiger charge is -2.25. The number of unbranched alkanes of at least 4 members (excludes halogenated alkanes) is 1. The number of nitrogens with two attached hydrogens (primary N) is 2. The number of carboxylic acids is 2. The summed E-state index contributed by atoms with van der Waals surface area (Å²) in [6, 6.07) is -4.55. The molecule has 0 heterocycles. The molecule has 0 aromatic rings. The van der Waals surface area contributed by atoms with Gasteiger partial charge in [0.1, 0.15) is 18.1 Å². The zero-order valence-electron chi connectivity index (χ0n) is 19.3. The van der Waals surface area contributed by atoms with Crippen LogP contribution in [0.25, 0.3) is 0 Å². The van der Waals surface area contributed by atoms with Crippen LogP contribution in [0, 0.1) is 5.92 Å². The van der Waals surface area contributed by atoms with Crippen LogP contribution in [0.5, 0.6) is 0 Å². The Kier molecular flexibility index (Phi) is 15.1. The normalized spacial score (nSPS) is 14.6. The lowest BCUT2D eigenvalue weighted by Crippen LogP contribution is -2.57. The molecule has 0 rings (SSSR count). The van der Waals surface area contributed by atoms with Gasteiger partial charge in [0, 0.05) is 0 Å². The maximum absolute atomic E-state index is 12.9. The quantitative estimate of drug-likeness (QED) is 0.121. The Balaban J connectivity index is 5.48. The summed E-state index contributed by atoms with van der Waals surface area (Å²) in [5, 5.41) is 25.4. The molecule has 0 bridgehead atoms. The van der Waals surface area contributed by atoms with Crippen LogP contribution in [-0.2, 0) is 24.0 Å². The van der Waals surface area contributed by atoms with E-state index in [0.29, 0.717) is 25.1 Å². The number of hydrogen-bond acceptors (Lipinski definition) is 8. The van der Waals surface area contributed by atoms with Gasteiger partial charge in [0.25, 0.3) is 0 Å². The van der Waals surface area contributed by atoms with E-state index in [1.807, 2.05) is 0 Å². The van der Waals surface area contributed by atoms with E-state index in [4.69, 9.17) is 16.6 Å². The number of rotatable bonds is 17. The fraction of sp³-hybridized carbons (Fsp3) is 0.750. The summed E-state index contributed by atoms with van der Waals surface area (Å²) in [5.41, 5.74) is 11.4. The van der Waals surface area contributed by atoms with Crippen molar-refractivity contribution in [1.29, 1.82) is 0 Å². The Bertz CT molecular complexity index is 677. The van der Waals surface area contributed by atoms with Crippen molar-refractivity contribution in [2.45, 2.75) is 70.1 Å². The molecule has 0 aromatic carbocycles. The average molecular weight is 492 g/mol. The van der Waals surface area contributed by atoms with Crippen molar-refractivity contribution in [2.75, 3.05) is 18.6 Å². The molecule has 0 saturated carbocycles. The van der Waals surface area contributed by atoms with Gasteiger partial charge in [0.15, 0.2) is 0 Å². The van der Waals surface area contributed by atoms with Crippen molar-refractivity contribution in [3.63, 3.8) is 0 Å². The van der Waals surface area contributed by atoms with Crippen molar-refractivity contribution in [1.82, 2.24) is 16.0 Å². The molecule has 0 unspecified atom stereocenters. The van der Waals surface area contributed by atoms with Gasteiger partial charge in [-0.2, -0.15) is 11.8 Å². The molecule has 33 heavy (non-hydrogen) atoms. The first kappa shape index (κ1) is 30.6. The SMILES string of the molecule is CSCC[C@H](NC(=O)[C@H](CCCCN)NC(=O)[C@@H](N)C(C)C)C(=O)N[C@@H](CC(=O)O)C(=O)O. The zero-order chi connectivity index (χ0) is 25.6. The third kappa shape index (κ3) is 12.4. The third-order valence-corrected chi connectivity index (χ3v) is 5.48. The van der Waals surface area contributed by atoms with Gasteiger partial charge < -0.3 is 37.6 Å². The van der Waals surface area contributed by atoms with Gasteiger partial charge >= 0.3 is 11.9 Å². The highest BCUT2D eigenvalue weighted by atomic mass is 32.2. The molecule has 0 aliphatic rings. The highest BCUT2D eigenvalue weighted by molar-refractivity contribution is 7.98. The minimum absolute atomic E-state index is 0.153. The van der Waals surface area contributed by atoms with Crippen LogP contribution in [0.2, 0.25) is 0 Å². The van der Waals surface area contributed by atoms with Crippen molar-refractivity contribution >= 4 is 41.4 Å². The zero-order valence-corrected chi connectivity index (χ0v) is 20.2.